The van der Waals surface area contributed by atoms with Crippen LogP contribution in [0, 0.1) is 6.92 Å². The number of alkyl halides is 3. The molecule has 0 aliphatic carbocycles. The van der Waals surface area contributed by atoms with Gasteiger partial charge in [-0.15, -0.1) is 0 Å². The van der Waals surface area contributed by atoms with Gasteiger partial charge in [0.15, 0.2) is 5.82 Å². The first-order valence-corrected chi connectivity index (χ1v) is 5.21. The number of hydrogen-bond donors (Lipinski definition) is 1. The number of aromatic nitrogens is 3. The normalized spacial score (nSPS) is 11.8. The first-order valence-electron chi connectivity index (χ1n) is 4.84. The Hall–Kier alpha value is -1.76. The number of halogens is 4. The second-order valence-corrected chi connectivity index (χ2v) is 4.05. The van der Waals surface area contributed by atoms with E-state index in [9.17, 15) is 13.2 Å². The summed E-state index contributed by atoms with van der Waals surface area (Å²) in [7, 11) is 0. The fourth-order valence-corrected chi connectivity index (χ4v) is 1.59. The van der Waals surface area contributed by atoms with Gasteiger partial charge in [0.1, 0.15) is 0 Å². The zero-order chi connectivity index (χ0) is 13.5. The topological polar surface area (TPSA) is 56.7 Å². The molecule has 0 unspecified atom stereocenters. The zero-order valence-corrected chi connectivity index (χ0v) is 9.92. The Morgan fingerprint density at radius 2 is 2.06 bits per heavy atom. The molecule has 0 aliphatic heterocycles. The molecule has 2 rings (SSSR count). The van der Waals surface area contributed by atoms with Crippen LogP contribution in [0.5, 0.6) is 0 Å². The van der Waals surface area contributed by atoms with Crippen molar-refractivity contribution in [2.24, 2.45) is 0 Å². The Bertz CT molecular complexity index is 572. The van der Waals surface area contributed by atoms with E-state index in [2.05, 4.69) is 10.1 Å². The van der Waals surface area contributed by atoms with E-state index < -0.39 is 11.7 Å². The van der Waals surface area contributed by atoms with E-state index in [4.69, 9.17) is 17.3 Å². The van der Waals surface area contributed by atoms with Crippen LogP contribution in [0.25, 0.3) is 5.82 Å². The third kappa shape index (κ3) is 2.26. The molecule has 0 saturated heterocycles. The van der Waals surface area contributed by atoms with E-state index in [1.165, 1.54) is 10.9 Å². The molecule has 0 aromatic carbocycles. The fourth-order valence-electron chi connectivity index (χ4n) is 1.34. The van der Waals surface area contributed by atoms with Gasteiger partial charge in [0.05, 0.1) is 28.2 Å². The Labute approximate surface area is 105 Å². The number of hydrogen-bond acceptors (Lipinski definition) is 3. The highest BCUT2D eigenvalue weighted by molar-refractivity contribution is 6.32. The lowest BCUT2D eigenvalue weighted by molar-refractivity contribution is -0.137. The Morgan fingerprint density at radius 1 is 1.39 bits per heavy atom. The molecule has 2 aromatic heterocycles. The molecule has 0 fully saturated rings. The van der Waals surface area contributed by atoms with Crippen LogP contribution < -0.4 is 5.73 Å². The summed E-state index contributed by atoms with van der Waals surface area (Å²) in [5.74, 6) is 0.101. The molecular formula is C10H8ClF3N4. The lowest BCUT2D eigenvalue weighted by Crippen LogP contribution is -2.08. The largest absolute Gasteiger partial charge is 0.417 e. The predicted molar refractivity (Wildman–Crippen MR) is 60.5 cm³/mol. The summed E-state index contributed by atoms with van der Waals surface area (Å²) < 4.78 is 38.5. The Kier molecular flexibility index (Phi) is 2.94. The van der Waals surface area contributed by atoms with E-state index in [1.54, 1.807) is 6.92 Å². The highest BCUT2D eigenvalue weighted by Crippen LogP contribution is 2.31. The molecule has 2 N–H and O–H groups in total. The van der Waals surface area contributed by atoms with Crippen molar-refractivity contribution < 1.29 is 13.2 Å². The van der Waals surface area contributed by atoms with Crippen LogP contribution in [0.15, 0.2) is 18.5 Å². The molecule has 2 aromatic rings. The summed E-state index contributed by atoms with van der Waals surface area (Å²) in [5.41, 5.74) is 5.64. The zero-order valence-electron chi connectivity index (χ0n) is 9.16. The van der Waals surface area contributed by atoms with Crippen molar-refractivity contribution in [1.82, 2.24) is 14.8 Å². The molecule has 0 atom stereocenters. The molecule has 4 nitrogen and oxygen atoms in total. The highest BCUT2D eigenvalue weighted by Gasteiger charge is 2.31. The molecule has 0 radical (unpaired) electrons. The van der Waals surface area contributed by atoms with Crippen LogP contribution in [0.3, 0.4) is 0 Å². The third-order valence-corrected chi connectivity index (χ3v) is 2.58. The summed E-state index contributed by atoms with van der Waals surface area (Å²) in [6.45, 7) is 1.67. The van der Waals surface area contributed by atoms with Gasteiger partial charge in [-0.1, -0.05) is 11.6 Å². The van der Waals surface area contributed by atoms with E-state index in [0.29, 0.717) is 17.6 Å². The first kappa shape index (κ1) is 12.7. The summed E-state index contributed by atoms with van der Waals surface area (Å²) in [5, 5.41) is 3.85. The maximum Gasteiger partial charge on any atom is 0.417 e. The quantitative estimate of drug-likeness (QED) is 0.871. The van der Waals surface area contributed by atoms with Crippen molar-refractivity contribution in [1.29, 1.82) is 0 Å². The van der Waals surface area contributed by atoms with E-state index in [-0.39, 0.29) is 10.8 Å². The first-order chi connectivity index (χ1) is 8.29. The molecule has 18 heavy (non-hydrogen) atoms. The minimum absolute atomic E-state index is 0.101. The van der Waals surface area contributed by atoms with Crippen molar-refractivity contribution in [2.75, 3.05) is 5.73 Å². The standard InChI is InChI=1S/C10H8ClF3N4/c1-5-8(15)4-18(17-5)9-7(11)2-6(3-16-9)10(12,13)14/h2-4H,15H2,1H3. The summed E-state index contributed by atoms with van der Waals surface area (Å²) in [6.07, 6.45) is -2.33. The highest BCUT2D eigenvalue weighted by atomic mass is 35.5. The monoisotopic (exact) mass is 276 g/mol. The van der Waals surface area contributed by atoms with Crippen molar-refractivity contribution in [2.45, 2.75) is 13.1 Å². The van der Waals surface area contributed by atoms with Crippen LogP contribution in [-0.2, 0) is 6.18 Å². The molecule has 96 valence electrons. The number of nitrogens with two attached hydrogens (primary N) is 1. The average Bonchev–Trinajstić information content (AvgIpc) is 2.57. The second-order valence-electron chi connectivity index (χ2n) is 3.64. The van der Waals surface area contributed by atoms with Crippen LogP contribution in [0.2, 0.25) is 5.02 Å². The molecule has 0 bridgehead atoms. The molecule has 0 saturated carbocycles. The SMILES string of the molecule is Cc1nn(-c2ncc(C(F)(F)F)cc2Cl)cc1N. The van der Waals surface area contributed by atoms with Crippen LogP contribution in [0.4, 0.5) is 18.9 Å². The maximum atomic E-state index is 12.4. The molecule has 8 heteroatoms. The van der Waals surface area contributed by atoms with Crippen LogP contribution >= 0.6 is 11.6 Å². The van der Waals surface area contributed by atoms with Gasteiger partial charge < -0.3 is 5.73 Å². The van der Waals surface area contributed by atoms with Gasteiger partial charge in [0.2, 0.25) is 0 Å². The van der Waals surface area contributed by atoms with E-state index in [0.717, 1.165) is 6.07 Å². The van der Waals surface area contributed by atoms with Crippen molar-refractivity contribution in [3.05, 3.63) is 34.7 Å². The van der Waals surface area contributed by atoms with E-state index in [1.807, 2.05) is 0 Å². The molecule has 2 heterocycles. The Morgan fingerprint density at radius 3 is 2.50 bits per heavy atom. The smallest absolute Gasteiger partial charge is 0.396 e. The number of pyridine rings is 1. The predicted octanol–water partition coefficient (Wildman–Crippen LogP) is 2.83. The Balaban J connectivity index is 2.48. The van der Waals surface area contributed by atoms with Gasteiger partial charge in [-0.05, 0) is 13.0 Å². The number of anilines is 1. The summed E-state index contributed by atoms with van der Waals surface area (Å²) >= 11 is 5.77. The number of nitrogen functional groups attached to an aromatic ring is 1. The maximum absolute atomic E-state index is 12.4. The molecule has 0 amide bonds. The lowest BCUT2D eigenvalue weighted by Gasteiger charge is -2.08. The van der Waals surface area contributed by atoms with Crippen LogP contribution in [-0.4, -0.2) is 14.8 Å². The van der Waals surface area contributed by atoms with Crippen LogP contribution in [0.1, 0.15) is 11.3 Å². The minimum Gasteiger partial charge on any atom is -0.396 e. The van der Waals surface area contributed by atoms with E-state index >= 15 is 0 Å². The van der Waals surface area contributed by atoms with Gasteiger partial charge >= 0.3 is 6.18 Å². The average molecular weight is 277 g/mol. The van der Waals surface area contributed by atoms with Gasteiger partial charge in [0.25, 0.3) is 0 Å². The van der Waals surface area contributed by atoms with Crippen molar-refractivity contribution in [3.8, 4) is 5.82 Å². The molecule has 0 spiro atoms. The number of rotatable bonds is 1. The summed E-state index contributed by atoms with van der Waals surface area (Å²) in [4.78, 5) is 3.66. The van der Waals surface area contributed by atoms with Gasteiger partial charge in [-0.2, -0.15) is 18.3 Å². The molecule has 0 aliphatic rings. The fraction of sp³-hybridized carbons (Fsp3) is 0.200. The summed E-state index contributed by atoms with van der Waals surface area (Å²) in [6, 6.07) is 0.803. The van der Waals surface area contributed by atoms with Crippen molar-refractivity contribution >= 4 is 17.3 Å². The van der Waals surface area contributed by atoms with Gasteiger partial charge in [-0.3, -0.25) is 0 Å². The lowest BCUT2D eigenvalue weighted by atomic mass is 10.3. The number of nitrogens with zero attached hydrogens (tertiary/aromatic N) is 3. The minimum atomic E-state index is -4.48. The third-order valence-electron chi connectivity index (χ3n) is 2.30. The van der Waals surface area contributed by atoms with Gasteiger partial charge in [-0.25, -0.2) is 9.67 Å². The van der Waals surface area contributed by atoms with Crippen molar-refractivity contribution in [3.63, 3.8) is 0 Å². The van der Waals surface area contributed by atoms with Gasteiger partial charge in [0, 0.05) is 6.20 Å². The number of aryl methyl sites for hydroxylation is 1. The molecular weight excluding hydrogens is 269 g/mol. The second kappa shape index (κ2) is 4.16.